The minimum absolute atomic E-state index is 0.182. The molecule has 0 saturated heterocycles. The van der Waals surface area contributed by atoms with Gasteiger partial charge in [-0.1, -0.05) is 28.1 Å². The van der Waals surface area contributed by atoms with Crippen LogP contribution in [0.3, 0.4) is 0 Å². The van der Waals surface area contributed by atoms with Crippen LogP contribution in [-0.4, -0.2) is 27.9 Å². The molecule has 19 heavy (non-hydrogen) atoms. The summed E-state index contributed by atoms with van der Waals surface area (Å²) in [6, 6.07) is 4.20. The van der Waals surface area contributed by atoms with Gasteiger partial charge in [0.25, 0.3) is 0 Å². The fraction of sp³-hybridized carbons (Fsp3) is 0.429. The Morgan fingerprint density at radius 1 is 1.32 bits per heavy atom. The van der Waals surface area contributed by atoms with Gasteiger partial charge in [-0.15, -0.1) is 0 Å². The number of hydrogen-bond donors (Lipinski definition) is 1. The molecule has 0 aliphatic carbocycles. The Kier molecular flexibility index (Phi) is 5.11. The van der Waals surface area contributed by atoms with E-state index in [2.05, 4.69) is 15.9 Å². The fourth-order valence-corrected chi connectivity index (χ4v) is 2.44. The van der Waals surface area contributed by atoms with E-state index >= 15 is 0 Å². The van der Waals surface area contributed by atoms with Crippen molar-refractivity contribution in [3.8, 4) is 0 Å². The number of carbonyl (C=O) groups is 2. The molecule has 0 aliphatic rings. The van der Waals surface area contributed by atoms with E-state index in [-0.39, 0.29) is 11.9 Å². The van der Waals surface area contributed by atoms with Crippen molar-refractivity contribution in [3.05, 3.63) is 33.8 Å². The Balaban J connectivity index is 3.30. The second-order valence-electron chi connectivity index (χ2n) is 4.77. The number of rotatable bonds is 4. The first-order chi connectivity index (χ1) is 8.75. The quantitative estimate of drug-likeness (QED) is 0.924. The van der Waals surface area contributed by atoms with Gasteiger partial charge in [0.2, 0.25) is 5.91 Å². The normalized spacial score (nSPS) is 12.3. The second kappa shape index (κ2) is 6.19. The molecule has 1 aromatic rings. The molecule has 0 radical (unpaired) electrons. The number of carbonyl (C=O) groups excluding carboxylic acids is 1. The number of aryl methyl sites for hydroxylation is 1. The zero-order valence-electron chi connectivity index (χ0n) is 11.5. The molecule has 0 bridgehead atoms. The maximum atomic E-state index is 11.7. The molecule has 1 aromatic carbocycles. The van der Waals surface area contributed by atoms with Crippen LogP contribution in [0.25, 0.3) is 0 Å². The van der Waals surface area contributed by atoms with Gasteiger partial charge in [-0.3, -0.25) is 4.79 Å². The van der Waals surface area contributed by atoms with Crippen molar-refractivity contribution in [1.29, 1.82) is 0 Å². The molecule has 0 spiro atoms. The Hall–Kier alpha value is -1.36. The van der Waals surface area contributed by atoms with E-state index in [4.69, 9.17) is 0 Å². The third-order valence-corrected chi connectivity index (χ3v) is 3.80. The number of aliphatic carboxylic acids is 1. The van der Waals surface area contributed by atoms with Crippen molar-refractivity contribution in [3.63, 3.8) is 0 Å². The van der Waals surface area contributed by atoms with Crippen LogP contribution in [0.15, 0.2) is 22.7 Å². The lowest BCUT2D eigenvalue weighted by Gasteiger charge is -2.32. The van der Waals surface area contributed by atoms with Gasteiger partial charge in [-0.25, -0.2) is 4.79 Å². The minimum atomic E-state index is -1.03. The highest BCUT2D eigenvalue weighted by atomic mass is 79.9. The fourth-order valence-electron chi connectivity index (χ4n) is 2.04. The molecule has 0 aliphatic heterocycles. The monoisotopic (exact) mass is 327 g/mol. The van der Waals surface area contributed by atoms with E-state index < -0.39 is 12.0 Å². The Morgan fingerprint density at radius 2 is 1.89 bits per heavy atom. The summed E-state index contributed by atoms with van der Waals surface area (Å²) in [5.41, 5.74) is 1.61. The molecule has 4 nitrogen and oxygen atoms in total. The van der Waals surface area contributed by atoms with Crippen LogP contribution < -0.4 is 0 Å². The van der Waals surface area contributed by atoms with Crippen LogP contribution in [0.4, 0.5) is 0 Å². The number of halogens is 1. The van der Waals surface area contributed by atoms with Gasteiger partial charge in [0.1, 0.15) is 0 Å². The number of benzene rings is 1. The highest BCUT2D eigenvalue weighted by Crippen LogP contribution is 2.27. The summed E-state index contributed by atoms with van der Waals surface area (Å²) in [7, 11) is 0. The molecule has 0 aromatic heterocycles. The predicted molar refractivity (Wildman–Crippen MR) is 76.9 cm³/mol. The average Bonchev–Trinajstić information content (AvgIpc) is 2.28. The van der Waals surface area contributed by atoms with Crippen molar-refractivity contribution in [2.24, 2.45) is 0 Å². The molecule has 1 rings (SSSR count). The van der Waals surface area contributed by atoms with Crippen molar-refractivity contribution >= 4 is 27.8 Å². The van der Waals surface area contributed by atoms with E-state index in [1.165, 1.54) is 11.8 Å². The van der Waals surface area contributed by atoms with Crippen LogP contribution in [0.5, 0.6) is 0 Å². The van der Waals surface area contributed by atoms with Crippen LogP contribution in [0.2, 0.25) is 0 Å². The minimum Gasteiger partial charge on any atom is -0.479 e. The van der Waals surface area contributed by atoms with Crippen molar-refractivity contribution in [2.75, 3.05) is 0 Å². The van der Waals surface area contributed by atoms with Gasteiger partial charge >= 0.3 is 5.97 Å². The molecule has 1 amide bonds. The van der Waals surface area contributed by atoms with Crippen LogP contribution in [0, 0.1) is 6.92 Å². The average molecular weight is 328 g/mol. The zero-order chi connectivity index (χ0) is 14.7. The first kappa shape index (κ1) is 15.7. The van der Waals surface area contributed by atoms with Gasteiger partial charge in [0, 0.05) is 17.4 Å². The Morgan fingerprint density at radius 3 is 2.26 bits per heavy atom. The molecule has 1 unspecified atom stereocenters. The largest absolute Gasteiger partial charge is 0.479 e. The van der Waals surface area contributed by atoms with E-state index in [0.717, 1.165) is 10.0 Å². The molecule has 1 N–H and O–H groups in total. The predicted octanol–water partition coefficient (Wildman–Crippen LogP) is 3.14. The topological polar surface area (TPSA) is 57.6 Å². The molecule has 5 heteroatoms. The first-order valence-corrected chi connectivity index (χ1v) is 6.82. The van der Waals surface area contributed by atoms with Gasteiger partial charge in [0.05, 0.1) is 0 Å². The molecule has 0 heterocycles. The SMILES string of the molecule is CC(=O)N(C(C)C)C(C(=O)O)c1ccc(C)c(Br)c1. The summed E-state index contributed by atoms with van der Waals surface area (Å²) in [4.78, 5) is 24.6. The van der Waals surface area contributed by atoms with Gasteiger partial charge in [-0.05, 0) is 38.0 Å². The molecule has 0 saturated carbocycles. The smallest absolute Gasteiger partial charge is 0.331 e. The summed E-state index contributed by atoms with van der Waals surface area (Å²) in [6.45, 7) is 6.93. The molecular formula is C14H18BrNO3. The Bertz CT molecular complexity index is 499. The second-order valence-corrected chi connectivity index (χ2v) is 5.62. The molecule has 104 valence electrons. The number of hydrogen-bond acceptors (Lipinski definition) is 2. The lowest BCUT2D eigenvalue weighted by atomic mass is 10.0. The third kappa shape index (κ3) is 3.56. The van der Waals surface area contributed by atoms with E-state index in [9.17, 15) is 14.7 Å². The van der Waals surface area contributed by atoms with Crippen molar-refractivity contribution in [2.45, 2.75) is 39.8 Å². The molecular weight excluding hydrogens is 310 g/mol. The number of carboxylic acids is 1. The summed E-state index contributed by atoms with van der Waals surface area (Å²) in [6.07, 6.45) is 0. The van der Waals surface area contributed by atoms with Gasteiger partial charge in [0.15, 0.2) is 6.04 Å². The molecule has 0 fully saturated rings. The number of nitrogens with zero attached hydrogens (tertiary/aromatic N) is 1. The van der Waals surface area contributed by atoms with Crippen LogP contribution in [-0.2, 0) is 9.59 Å². The number of carboxylic acid groups (broad SMARTS) is 1. The number of amides is 1. The van der Waals surface area contributed by atoms with Gasteiger partial charge in [-0.2, -0.15) is 0 Å². The highest BCUT2D eigenvalue weighted by molar-refractivity contribution is 9.10. The lowest BCUT2D eigenvalue weighted by Crippen LogP contribution is -2.42. The Labute approximate surface area is 121 Å². The summed E-state index contributed by atoms with van der Waals surface area (Å²) >= 11 is 3.39. The summed E-state index contributed by atoms with van der Waals surface area (Å²) in [5.74, 6) is -1.28. The molecule has 1 atom stereocenters. The standard InChI is InChI=1S/C14H18BrNO3/c1-8(2)16(10(4)17)13(14(18)19)11-6-5-9(3)12(15)7-11/h5-8,13H,1-4H3,(H,18,19). The third-order valence-electron chi connectivity index (χ3n) is 2.94. The summed E-state index contributed by atoms with van der Waals surface area (Å²) in [5, 5.41) is 9.45. The zero-order valence-corrected chi connectivity index (χ0v) is 13.1. The first-order valence-electron chi connectivity index (χ1n) is 6.03. The van der Waals surface area contributed by atoms with Crippen LogP contribution in [0.1, 0.15) is 37.9 Å². The van der Waals surface area contributed by atoms with Crippen molar-refractivity contribution < 1.29 is 14.7 Å². The maximum absolute atomic E-state index is 11.7. The summed E-state index contributed by atoms with van der Waals surface area (Å²) < 4.78 is 0.837. The lowest BCUT2D eigenvalue weighted by molar-refractivity contribution is -0.151. The van der Waals surface area contributed by atoms with E-state index in [0.29, 0.717) is 5.56 Å². The van der Waals surface area contributed by atoms with E-state index in [1.807, 2.05) is 13.0 Å². The maximum Gasteiger partial charge on any atom is 0.331 e. The van der Waals surface area contributed by atoms with E-state index in [1.54, 1.807) is 26.0 Å². The van der Waals surface area contributed by atoms with Crippen molar-refractivity contribution in [1.82, 2.24) is 4.90 Å². The van der Waals surface area contributed by atoms with Gasteiger partial charge < -0.3 is 10.0 Å². The highest BCUT2D eigenvalue weighted by Gasteiger charge is 2.31. The van der Waals surface area contributed by atoms with Crippen LogP contribution >= 0.6 is 15.9 Å².